The molecule has 1 aliphatic carbocycles. The van der Waals surface area contributed by atoms with Crippen LogP contribution in [0.25, 0.3) is 34.4 Å². The molecule has 3 aliphatic heterocycles. The van der Waals surface area contributed by atoms with E-state index in [1.807, 2.05) is 45.1 Å². The van der Waals surface area contributed by atoms with Gasteiger partial charge in [0.2, 0.25) is 0 Å². The molecule has 5 heterocycles. The Kier molecular flexibility index (Phi) is 16.6. The molecule has 0 amide bonds. The number of ketones is 2. The van der Waals surface area contributed by atoms with Crippen LogP contribution < -0.4 is 9.97 Å². The molecule has 0 spiro atoms. The van der Waals surface area contributed by atoms with Gasteiger partial charge < -0.3 is 30.1 Å². The van der Waals surface area contributed by atoms with E-state index >= 15 is 0 Å². The Labute approximate surface area is 385 Å². The van der Waals surface area contributed by atoms with Gasteiger partial charge in [0.1, 0.15) is 12.5 Å². The number of carbonyl (C=O) groups excluding carboxylic acids is 4. The topological polar surface area (TPSA) is 143 Å². The van der Waals surface area contributed by atoms with Crippen LogP contribution in [0.5, 0.6) is 0 Å². The molecule has 2 aromatic rings. The zero-order chi connectivity index (χ0) is 44.3. The Morgan fingerprint density at radius 3 is 2.11 bits per heavy atom. The number of fused-ring (bicyclic) bond motifs is 7. The molecule has 0 N–H and O–H groups in total. The Bertz CT molecular complexity index is 2200. The zero-order valence-electron chi connectivity index (χ0n) is 39.1. The van der Waals surface area contributed by atoms with Gasteiger partial charge in [-0.3, -0.25) is 19.2 Å². The van der Waals surface area contributed by atoms with Crippen molar-refractivity contribution in [3.05, 3.63) is 90.1 Å². The van der Waals surface area contributed by atoms with Crippen molar-refractivity contribution in [1.82, 2.24) is 9.97 Å². The van der Waals surface area contributed by atoms with Crippen molar-refractivity contribution in [3.8, 4) is 0 Å². The summed E-state index contributed by atoms with van der Waals surface area (Å²) >= 11 is 0. The number of esters is 2. The maximum atomic E-state index is 14.3. The number of carbonyl (C=O) groups is 4. The van der Waals surface area contributed by atoms with Crippen LogP contribution in [0.3, 0.4) is 0 Å². The number of aromatic nitrogens is 2. The smallest absolute Gasteiger partial charge is 0.664 e. The van der Waals surface area contributed by atoms with Crippen LogP contribution in [0.1, 0.15) is 174 Å². The second-order valence-corrected chi connectivity index (χ2v) is 18.2. The largest absolute Gasteiger partial charge is 2.00 e. The number of hydrogen-bond acceptors (Lipinski definition) is 6. The molecule has 7 atom stereocenters. The van der Waals surface area contributed by atoms with Crippen molar-refractivity contribution in [2.24, 2.45) is 41.4 Å². The molecule has 8 bridgehead atoms. The van der Waals surface area contributed by atoms with Crippen LogP contribution in [-0.2, 0) is 19.1 Å². The molecule has 62 heavy (non-hydrogen) atoms. The van der Waals surface area contributed by atoms with Gasteiger partial charge >= 0.3 is 35.0 Å². The van der Waals surface area contributed by atoms with Crippen LogP contribution in [0, 0.1) is 55.3 Å². The maximum absolute atomic E-state index is 14.3. The molecular formula is C51H66MgN4O6-2. The summed E-state index contributed by atoms with van der Waals surface area (Å²) in [6, 6.07) is 0. The minimum atomic E-state index is -1.24. The number of hydrogen-bond donors (Lipinski definition) is 0. The minimum Gasteiger partial charge on any atom is -0.664 e. The first-order chi connectivity index (χ1) is 29.1. The van der Waals surface area contributed by atoms with Crippen molar-refractivity contribution in [1.29, 1.82) is 0 Å². The van der Waals surface area contributed by atoms with Crippen molar-refractivity contribution < 1.29 is 28.7 Å². The first-order valence-electron chi connectivity index (χ1n) is 22.7. The van der Waals surface area contributed by atoms with E-state index in [0.717, 1.165) is 42.1 Å². The fourth-order valence-corrected chi connectivity index (χ4v) is 9.78. The SMILES string of the molecule is CC[C@@H](C)CCC[C@@H](C)CCC/C(C)=C/COC(=O)CC[C@@H]1/C2=C3/c4[n-]c(c(C)c4C(=O)[C@@H]3C(=O)OC)/C=C3\[N-]/C(=C\c4[n-]c(c(C)c4C(C)=O)/C=C(\[N-]2)[C@H]1C)[C@H](C)[C@H]3CC.[Mg+2]. The van der Waals surface area contributed by atoms with Gasteiger partial charge in [-0.1, -0.05) is 121 Å². The normalized spacial score (nSPS) is 26.2. The third-order valence-electron chi connectivity index (χ3n) is 14.0. The van der Waals surface area contributed by atoms with E-state index in [0.29, 0.717) is 68.8 Å². The van der Waals surface area contributed by atoms with Crippen LogP contribution in [0.15, 0.2) is 34.4 Å². The summed E-state index contributed by atoms with van der Waals surface area (Å²) in [4.78, 5) is 64.5. The molecule has 2 saturated heterocycles. The average Bonchev–Trinajstić information content (AvgIpc) is 3.97. The maximum Gasteiger partial charge on any atom is 2.00 e. The third kappa shape index (κ3) is 10.1. The number of allylic oxidation sites excluding steroid dienone is 5. The van der Waals surface area contributed by atoms with E-state index < -0.39 is 11.9 Å². The Morgan fingerprint density at radius 2 is 1.44 bits per heavy atom. The van der Waals surface area contributed by atoms with Gasteiger partial charge in [-0.05, 0) is 88.5 Å². The van der Waals surface area contributed by atoms with Crippen molar-refractivity contribution in [2.75, 3.05) is 13.7 Å². The molecule has 11 heteroatoms. The second kappa shape index (κ2) is 21.1. The zero-order valence-corrected chi connectivity index (χ0v) is 40.5. The fourth-order valence-electron chi connectivity index (χ4n) is 9.78. The number of Topliss-reactive ketones (excluding diaryl/α,β-unsaturated/α-hetero) is 2. The second-order valence-electron chi connectivity index (χ2n) is 18.2. The van der Waals surface area contributed by atoms with Crippen molar-refractivity contribution in [3.63, 3.8) is 0 Å². The molecular weight excluding hydrogens is 789 g/mol. The molecule has 6 rings (SSSR count). The minimum absolute atomic E-state index is 0. The van der Waals surface area contributed by atoms with Gasteiger partial charge in [0, 0.05) is 17.5 Å². The predicted molar refractivity (Wildman–Crippen MR) is 248 cm³/mol. The Morgan fingerprint density at radius 1 is 0.806 bits per heavy atom. The van der Waals surface area contributed by atoms with E-state index in [2.05, 4.69) is 41.5 Å². The van der Waals surface area contributed by atoms with E-state index in [1.165, 1.54) is 44.8 Å². The summed E-state index contributed by atoms with van der Waals surface area (Å²) in [6.45, 7) is 20.9. The number of nitrogens with zero attached hydrogens (tertiary/aromatic N) is 4. The van der Waals surface area contributed by atoms with Crippen LogP contribution in [0.2, 0.25) is 0 Å². The van der Waals surface area contributed by atoms with Gasteiger partial charge in [-0.25, -0.2) is 0 Å². The summed E-state index contributed by atoms with van der Waals surface area (Å²) in [5, 5.41) is 10.3. The summed E-state index contributed by atoms with van der Waals surface area (Å²) in [6.07, 6.45) is 17.5. The predicted octanol–water partition coefficient (Wildman–Crippen LogP) is 11.5. The molecule has 0 unspecified atom stereocenters. The van der Waals surface area contributed by atoms with Gasteiger partial charge in [-0.15, -0.1) is 22.8 Å². The molecule has 2 fully saturated rings. The Balaban J connectivity index is 0.00000726. The van der Waals surface area contributed by atoms with Crippen molar-refractivity contribution in [2.45, 2.75) is 133 Å². The average molecular weight is 855 g/mol. The number of rotatable bonds is 17. The molecule has 0 radical (unpaired) electrons. The van der Waals surface area contributed by atoms with Gasteiger partial charge in [0.25, 0.3) is 0 Å². The standard InChI is InChI=1S/C51H68N4O6.Mg/c1-12-27(3)16-14-17-28(4)18-15-19-29(5)22-23-61-43(57)21-20-36-31(7)38-24-39-32(8)44(34(10)56)42(53-39)26-37-30(6)35(13-2)41(52-37)25-40-33(9)45-49(55-40)46(48(36)54-38)47(50(45)58)51(59)60-11;/h22,24-28,30-31,35-36,47H,12-21,23H2,1-11H3,(H2-2,52,53,54,55,56,58);/q-2;+2/p-2/b29-22+,38-24-,41-25-;/t27-,28-,30-,31+,35-,36+,47-;/m1./s1. The quantitative estimate of drug-likeness (QED) is 0.0503. The monoisotopic (exact) mass is 854 g/mol. The molecule has 330 valence electrons. The van der Waals surface area contributed by atoms with Gasteiger partial charge in [0.15, 0.2) is 11.6 Å². The van der Waals surface area contributed by atoms with E-state index in [-0.39, 0.29) is 77.3 Å². The first-order valence-corrected chi connectivity index (χ1v) is 22.7. The molecule has 0 aromatic carbocycles. The summed E-state index contributed by atoms with van der Waals surface area (Å²) in [5.74, 6) is -1.66. The molecule has 2 aromatic heterocycles. The number of methoxy groups -OCH3 is 1. The summed E-state index contributed by atoms with van der Waals surface area (Å²) < 4.78 is 11.0. The summed E-state index contributed by atoms with van der Waals surface area (Å²) in [5.41, 5.74) is 9.09. The van der Waals surface area contributed by atoms with Crippen LogP contribution in [-0.4, -0.2) is 60.3 Å². The first kappa shape index (κ1) is 48.9. The third-order valence-corrected chi connectivity index (χ3v) is 14.0. The van der Waals surface area contributed by atoms with Crippen molar-refractivity contribution >= 4 is 70.4 Å². The molecule has 10 nitrogen and oxygen atoms in total. The van der Waals surface area contributed by atoms with Gasteiger partial charge in [-0.2, -0.15) is 22.8 Å². The van der Waals surface area contributed by atoms with Crippen LogP contribution >= 0.6 is 0 Å². The van der Waals surface area contributed by atoms with Crippen LogP contribution in [0.4, 0.5) is 0 Å². The van der Waals surface area contributed by atoms with E-state index in [9.17, 15) is 19.2 Å². The summed E-state index contributed by atoms with van der Waals surface area (Å²) in [7, 11) is 1.28. The molecule has 4 aliphatic rings. The van der Waals surface area contributed by atoms with Gasteiger partial charge in [0.05, 0.1) is 7.11 Å². The molecule has 0 saturated carbocycles. The number of ether oxygens (including phenoxy) is 2. The van der Waals surface area contributed by atoms with E-state index in [1.54, 1.807) is 6.92 Å². The fraction of sp³-hybridized carbons (Fsp3) is 0.569. The van der Waals surface area contributed by atoms with E-state index in [4.69, 9.17) is 30.1 Å². The Hall–Kier alpha value is -4.09.